The summed E-state index contributed by atoms with van der Waals surface area (Å²) in [6, 6.07) is 8.27. The van der Waals surface area contributed by atoms with Gasteiger partial charge in [0.2, 0.25) is 5.91 Å². The van der Waals surface area contributed by atoms with E-state index in [2.05, 4.69) is 30.1 Å². The van der Waals surface area contributed by atoms with Gasteiger partial charge in [0.1, 0.15) is 11.9 Å². The van der Waals surface area contributed by atoms with Crippen LogP contribution < -0.4 is 15.8 Å². The predicted molar refractivity (Wildman–Crippen MR) is 90.4 cm³/mol. The highest BCUT2D eigenvalue weighted by atomic mass is 16.5. The summed E-state index contributed by atoms with van der Waals surface area (Å²) in [5.41, 5.74) is 7.43. The summed E-state index contributed by atoms with van der Waals surface area (Å²) in [6.45, 7) is 7.10. The molecule has 0 aromatic heterocycles. The second-order valence-corrected chi connectivity index (χ2v) is 7.45. The molecule has 1 aromatic carbocycles. The number of piperidine rings is 1. The quantitative estimate of drug-likeness (QED) is 0.875. The zero-order valence-corrected chi connectivity index (χ0v) is 14.0. The Morgan fingerprint density at radius 2 is 2.22 bits per heavy atom. The lowest BCUT2D eigenvalue weighted by Gasteiger charge is -2.42. The van der Waals surface area contributed by atoms with Gasteiger partial charge in [-0.15, -0.1) is 0 Å². The van der Waals surface area contributed by atoms with E-state index in [1.54, 1.807) is 0 Å². The van der Waals surface area contributed by atoms with Gasteiger partial charge in [0.05, 0.1) is 13.1 Å². The lowest BCUT2D eigenvalue weighted by atomic mass is 9.80. The van der Waals surface area contributed by atoms with Gasteiger partial charge in [-0.3, -0.25) is 9.69 Å². The van der Waals surface area contributed by atoms with Gasteiger partial charge >= 0.3 is 0 Å². The number of fused-ring (bicyclic) bond motifs is 1. The van der Waals surface area contributed by atoms with Gasteiger partial charge in [-0.05, 0) is 23.5 Å². The Bertz CT molecular complexity index is 548. The molecule has 0 saturated carbocycles. The largest absolute Gasteiger partial charge is 0.488 e. The first-order valence-electron chi connectivity index (χ1n) is 8.43. The second kappa shape index (κ2) is 6.49. The monoisotopic (exact) mass is 317 g/mol. The fourth-order valence-corrected chi connectivity index (χ4v) is 3.47. The van der Waals surface area contributed by atoms with E-state index in [1.165, 1.54) is 5.56 Å². The average molecular weight is 317 g/mol. The van der Waals surface area contributed by atoms with Gasteiger partial charge in [0.25, 0.3) is 0 Å². The lowest BCUT2D eigenvalue weighted by Crippen LogP contribution is -2.54. The summed E-state index contributed by atoms with van der Waals surface area (Å²) in [5.74, 6) is 1.01. The number of nitrogens with two attached hydrogens (primary N) is 1. The fourth-order valence-electron chi connectivity index (χ4n) is 3.47. The van der Waals surface area contributed by atoms with Crippen LogP contribution in [0.1, 0.15) is 25.8 Å². The van der Waals surface area contributed by atoms with E-state index in [4.69, 9.17) is 10.5 Å². The molecule has 126 valence electrons. The van der Waals surface area contributed by atoms with Gasteiger partial charge in [-0.25, -0.2) is 0 Å². The Morgan fingerprint density at radius 3 is 2.96 bits per heavy atom. The van der Waals surface area contributed by atoms with Crippen molar-refractivity contribution in [3.8, 4) is 5.75 Å². The van der Waals surface area contributed by atoms with E-state index in [-0.39, 0.29) is 23.5 Å². The van der Waals surface area contributed by atoms with Crippen molar-refractivity contribution in [2.24, 2.45) is 11.1 Å². The van der Waals surface area contributed by atoms with Crippen molar-refractivity contribution in [1.82, 2.24) is 10.2 Å². The number of nitrogens with one attached hydrogen (secondary N) is 1. The first kappa shape index (κ1) is 16.3. The molecular formula is C18H27N3O2. The molecule has 1 saturated heterocycles. The molecule has 5 heteroatoms. The summed E-state index contributed by atoms with van der Waals surface area (Å²) in [6.07, 6.45) is 1.85. The van der Waals surface area contributed by atoms with Gasteiger partial charge in [0.15, 0.2) is 0 Å². The topological polar surface area (TPSA) is 67.6 Å². The van der Waals surface area contributed by atoms with Crippen LogP contribution >= 0.6 is 0 Å². The molecule has 2 atom stereocenters. The van der Waals surface area contributed by atoms with Crippen LogP contribution in [0, 0.1) is 5.41 Å². The molecule has 0 radical (unpaired) electrons. The average Bonchev–Trinajstić information content (AvgIpc) is 2.91. The normalized spacial score (nSPS) is 26.4. The van der Waals surface area contributed by atoms with Crippen molar-refractivity contribution < 1.29 is 9.53 Å². The van der Waals surface area contributed by atoms with Gasteiger partial charge in [-0.2, -0.15) is 0 Å². The number of ether oxygens (including phenoxy) is 1. The zero-order chi connectivity index (χ0) is 16.4. The molecule has 3 rings (SSSR count). The summed E-state index contributed by atoms with van der Waals surface area (Å²) in [5, 5.41) is 3.01. The SMILES string of the molecule is CC1(C)CN(CC(=O)NCC2Cc3ccccc3O2)CCC1N. The van der Waals surface area contributed by atoms with Crippen LogP contribution in [0.25, 0.3) is 0 Å². The Balaban J connectivity index is 1.43. The standard InChI is InChI=1S/C18H27N3O2/c1-18(2)12-21(8-7-16(18)19)11-17(22)20-10-14-9-13-5-3-4-6-15(13)23-14/h3-6,14,16H,7-12,19H2,1-2H3,(H,20,22). The number of carbonyl (C=O) groups excluding carboxylic acids is 1. The summed E-state index contributed by atoms with van der Waals surface area (Å²) in [7, 11) is 0. The fraction of sp³-hybridized carbons (Fsp3) is 0.611. The van der Waals surface area contributed by atoms with Crippen molar-refractivity contribution in [3.63, 3.8) is 0 Å². The summed E-state index contributed by atoms with van der Waals surface area (Å²) < 4.78 is 5.85. The second-order valence-electron chi connectivity index (χ2n) is 7.45. The van der Waals surface area contributed by atoms with E-state index in [9.17, 15) is 4.79 Å². The van der Waals surface area contributed by atoms with Crippen molar-refractivity contribution in [2.45, 2.75) is 38.8 Å². The van der Waals surface area contributed by atoms with Crippen molar-refractivity contribution in [1.29, 1.82) is 0 Å². The van der Waals surface area contributed by atoms with E-state index >= 15 is 0 Å². The minimum absolute atomic E-state index is 0.0440. The van der Waals surface area contributed by atoms with Crippen LogP contribution in [0.5, 0.6) is 5.75 Å². The predicted octanol–water partition coefficient (Wildman–Crippen LogP) is 1.17. The molecule has 0 aliphatic carbocycles. The molecule has 2 aliphatic rings. The van der Waals surface area contributed by atoms with Gasteiger partial charge < -0.3 is 15.8 Å². The number of hydrogen-bond donors (Lipinski definition) is 2. The third kappa shape index (κ3) is 3.85. The third-order valence-corrected chi connectivity index (χ3v) is 5.00. The number of para-hydroxylation sites is 1. The highest BCUT2D eigenvalue weighted by molar-refractivity contribution is 5.78. The minimum atomic E-state index is 0.0440. The highest BCUT2D eigenvalue weighted by Gasteiger charge is 2.34. The highest BCUT2D eigenvalue weighted by Crippen LogP contribution is 2.28. The van der Waals surface area contributed by atoms with E-state index in [1.807, 2.05) is 18.2 Å². The number of carbonyl (C=O) groups is 1. The molecule has 1 amide bonds. The maximum atomic E-state index is 12.2. The molecule has 0 bridgehead atoms. The van der Waals surface area contributed by atoms with Crippen molar-refractivity contribution in [3.05, 3.63) is 29.8 Å². The van der Waals surface area contributed by atoms with Crippen molar-refractivity contribution in [2.75, 3.05) is 26.2 Å². The first-order valence-corrected chi connectivity index (χ1v) is 8.43. The van der Waals surface area contributed by atoms with E-state index < -0.39 is 0 Å². The maximum Gasteiger partial charge on any atom is 0.234 e. The maximum absolute atomic E-state index is 12.2. The zero-order valence-electron chi connectivity index (χ0n) is 14.0. The molecule has 2 heterocycles. The molecule has 0 spiro atoms. The number of hydrogen-bond acceptors (Lipinski definition) is 4. The molecule has 1 aromatic rings. The minimum Gasteiger partial charge on any atom is -0.488 e. The number of amides is 1. The van der Waals surface area contributed by atoms with Crippen LogP contribution in [0.15, 0.2) is 24.3 Å². The number of rotatable bonds is 4. The Morgan fingerprint density at radius 1 is 1.43 bits per heavy atom. The summed E-state index contributed by atoms with van der Waals surface area (Å²) in [4.78, 5) is 14.4. The molecule has 1 fully saturated rings. The Kier molecular flexibility index (Phi) is 4.60. The number of likely N-dealkylation sites (tertiary alicyclic amines) is 1. The smallest absolute Gasteiger partial charge is 0.234 e. The first-order chi connectivity index (χ1) is 10.9. The molecule has 2 aliphatic heterocycles. The number of benzene rings is 1. The van der Waals surface area contributed by atoms with Crippen LogP contribution in [0.4, 0.5) is 0 Å². The van der Waals surface area contributed by atoms with Crippen LogP contribution in [-0.2, 0) is 11.2 Å². The van der Waals surface area contributed by atoms with E-state index in [0.717, 1.165) is 31.7 Å². The molecule has 23 heavy (non-hydrogen) atoms. The van der Waals surface area contributed by atoms with Crippen LogP contribution in [0.2, 0.25) is 0 Å². The van der Waals surface area contributed by atoms with Gasteiger partial charge in [0, 0.05) is 25.6 Å². The molecule has 5 nitrogen and oxygen atoms in total. The summed E-state index contributed by atoms with van der Waals surface area (Å²) >= 11 is 0. The molecular weight excluding hydrogens is 290 g/mol. The van der Waals surface area contributed by atoms with Crippen molar-refractivity contribution >= 4 is 5.91 Å². The molecule has 2 unspecified atom stereocenters. The Labute approximate surface area is 138 Å². The lowest BCUT2D eigenvalue weighted by molar-refractivity contribution is -0.123. The van der Waals surface area contributed by atoms with Crippen LogP contribution in [-0.4, -0.2) is 49.1 Å². The molecule has 3 N–H and O–H groups in total. The third-order valence-electron chi connectivity index (χ3n) is 5.00. The van der Waals surface area contributed by atoms with E-state index in [0.29, 0.717) is 13.1 Å². The van der Waals surface area contributed by atoms with Crippen LogP contribution in [0.3, 0.4) is 0 Å². The Hall–Kier alpha value is -1.59. The number of nitrogens with zero attached hydrogens (tertiary/aromatic N) is 1. The van der Waals surface area contributed by atoms with Gasteiger partial charge in [-0.1, -0.05) is 32.0 Å².